The summed E-state index contributed by atoms with van der Waals surface area (Å²) >= 11 is 0. The van der Waals surface area contributed by atoms with E-state index < -0.39 is 85.0 Å². The van der Waals surface area contributed by atoms with Crippen molar-refractivity contribution in [2.24, 2.45) is 28.7 Å². The first-order chi connectivity index (χ1) is 16.5. The number of carboxylic acid groups (broad SMARTS) is 5. The molecular weight excluding hydrogens is 510 g/mol. The zero-order valence-electron chi connectivity index (χ0n) is 20.8. The van der Waals surface area contributed by atoms with Gasteiger partial charge < -0.3 is 74.6 Å². The van der Waals surface area contributed by atoms with Gasteiger partial charge in [-0.25, -0.2) is 0 Å². The Kier molecular flexibility index (Phi) is 29.4. The van der Waals surface area contributed by atoms with Crippen LogP contribution in [0.5, 0.6) is 0 Å². The van der Waals surface area contributed by atoms with Crippen molar-refractivity contribution in [2.45, 2.75) is 76.2 Å². The van der Waals surface area contributed by atoms with Gasteiger partial charge in [-0.3, -0.25) is 24.0 Å². The number of nitrogens with two attached hydrogens (primary N) is 5. The molecule has 0 aromatic carbocycles. The van der Waals surface area contributed by atoms with E-state index in [-0.39, 0.29) is 0 Å². The van der Waals surface area contributed by atoms with Gasteiger partial charge in [0.05, 0.1) is 24.9 Å². The lowest BCUT2D eigenvalue weighted by Gasteiger charge is -2.07. The standard InChI is InChI=1S/3C4H9NO3.C3H7NO3.C3H7NO2/c3*1-2(6)3(5)4(7)8;4-2(1-5)3(6)7;1-2(4)3(5)6/h3*2-3,6H,5H2,1H3,(H,7,8);2,5H,1,4H2,(H,6,7);2H,4H2,1H3,(H,5,6)/t3*2-,3+;2*2-/m11101/s1. The number of hydrogen-bond acceptors (Lipinski definition) is 14. The van der Waals surface area contributed by atoms with Crippen LogP contribution in [0.25, 0.3) is 0 Å². The number of hydrogen-bond donors (Lipinski definition) is 14. The predicted molar refractivity (Wildman–Crippen MR) is 126 cm³/mol. The van der Waals surface area contributed by atoms with Crippen LogP contribution >= 0.6 is 0 Å². The van der Waals surface area contributed by atoms with E-state index in [1.165, 1.54) is 27.7 Å². The van der Waals surface area contributed by atoms with Crippen molar-refractivity contribution >= 4 is 29.8 Å². The summed E-state index contributed by atoms with van der Waals surface area (Å²) in [6.45, 7) is 4.91. The van der Waals surface area contributed by atoms with Crippen molar-refractivity contribution in [1.82, 2.24) is 0 Å². The second kappa shape index (κ2) is 24.7. The molecule has 0 saturated carbocycles. The van der Waals surface area contributed by atoms with Crippen LogP contribution in [-0.4, -0.2) is 131 Å². The molecule has 0 bridgehead atoms. The minimum Gasteiger partial charge on any atom is -0.480 e. The fraction of sp³-hybridized carbons (Fsp3) is 0.722. The molecule has 0 aliphatic heterocycles. The molecular formula is C18H41N5O14. The van der Waals surface area contributed by atoms with E-state index >= 15 is 0 Å². The summed E-state index contributed by atoms with van der Waals surface area (Å²) in [5.41, 5.74) is 24.3. The Labute approximate surface area is 212 Å². The molecule has 0 radical (unpaired) electrons. The van der Waals surface area contributed by atoms with E-state index in [4.69, 9.17) is 74.6 Å². The average molecular weight is 552 g/mol. The molecule has 0 unspecified atom stereocenters. The Morgan fingerprint density at radius 1 is 0.514 bits per heavy atom. The topological polar surface area (TPSA) is 398 Å². The van der Waals surface area contributed by atoms with Gasteiger partial charge in [0.25, 0.3) is 0 Å². The van der Waals surface area contributed by atoms with Gasteiger partial charge in [0.2, 0.25) is 0 Å². The molecule has 0 rings (SSSR count). The Bertz CT molecular complexity index is 604. The molecule has 0 aromatic rings. The summed E-state index contributed by atoms with van der Waals surface area (Å²) in [7, 11) is 0. The van der Waals surface area contributed by atoms with Gasteiger partial charge in [0.15, 0.2) is 0 Å². The number of aliphatic hydroxyl groups is 4. The van der Waals surface area contributed by atoms with E-state index in [2.05, 4.69) is 0 Å². The normalized spacial score (nSPS) is 16.0. The van der Waals surface area contributed by atoms with Gasteiger partial charge in [-0.05, 0) is 27.7 Å². The van der Waals surface area contributed by atoms with Crippen molar-refractivity contribution in [3.63, 3.8) is 0 Å². The lowest BCUT2D eigenvalue weighted by Crippen LogP contribution is -2.39. The minimum atomic E-state index is -1.18. The molecule has 0 fully saturated rings. The largest absolute Gasteiger partial charge is 0.480 e. The molecule has 19 heteroatoms. The van der Waals surface area contributed by atoms with Crippen LogP contribution in [-0.2, 0) is 24.0 Å². The van der Waals surface area contributed by atoms with E-state index in [9.17, 15) is 24.0 Å². The predicted octanol–water partition coefficient (Wildman–Crippen LogP) is -5.85. The third kappa shape index (κ3) is 33.0. The van der Waals surface area contributed by atoms with Crippen LogP contribution in [0.4, 0.5) is 0 Å². The molecule has 0 amide bonds. The molecule has 0 aliphatic carbocycles. The molecule has 37 heavy (non-hydrogen) atoms. The third-order valence-corrected chi connectivity index (χ3v) is 3.32. The molecule has 0 spiro atoms. The second-order valence-electron chi connectivity index (χ2n) is 7.07. The first-order valence-corrected chi connectivity index (χ1v) is 10.1. The summed E-state index contributed by atoms with van der Waals surface area (Å²) < 4.78 is 0. The maximum absolute atomic E-state index is 9.86. The molecule has 0 aliphatic rings. The number of aliphatic carboxylic acids is 5. The van der Waals surface area contributed by atoms with Crippen LogP contribution in [0.2, 0.25) is 0 Å². The highest BCUT2D eigenvalue weighted by Gasteiger charge is 2.17. The van der Waals surface area contributed by atoms with Gasteiger partial charge in [0.1, 0.15) is 30.2 Å². The van der Waals surface area contributed by atoms with Gasteiger partial charge in [-0.15, -0.1) is 0 Å². The van der Waals surface area contributed by atoms with E-state index in [1.807, 2.05) is 0 Å². The summed E-state index contributed by atoms with van der Waals surface area (Å²) in [5, 5.41) is 73.4. The van der Waals surface area contributed by atoms with Crippen molar-refractivity contribution in [1.29, 1.82) is 0 Å². The molecule has 222 valence electrons. The monoisotopic (exact) mass is 551 g/mol. The third-order valence-electron chi connectivity index (χ3n) is 3.32. The van der Waals surface area contributed by atoms with Crippen molar-refractivity contribution in [2.75, 3.05) is 6.61 Å². The summed E-state index contributed by atoms with van der Waals surface area (Å²) in [6.07, 6.45) is -2.94. The molecule has 0 heterocycles. The van der Waals surface area contributed by atoms with Crippen LogP contribution < -0.4 is 28.7 Å². The first kappa shape index (κ1) is 44.0. The van der Waals surface area contributed by atoms with E-state index in [1.54, 1.807) is 0 Å². The number of aliphatic hydroxyl groups excluding tert-OH is 4. The maximum atomic E-state index is 9.86. The highest BCUT2D eigenvalue weighted by atomic mass is 16.4. The number of carboxylic acids is 5. The molecule has 0 saturated heterocycles. The van der Waals surface area contributed by atoms with Crippen LogP contribution in [0, 0.1) is 0 Å². The molecule has 8 atom stereocenters. The Balaban J connectivity index is -0.000000116. The number of carbonyl (C=O) groups is 5. The fourth-order valence-electron chi connectivity index (χ4n) is 0.697. The molecule has 19 N–H and O–H groups in total. The Hall–Kier alpha value is -3.01. The zero-order chi connectivity index (χ0) is 31.2. The smallest absolute Gasteiger partial charge is 0.323 e. The van der Waals surface area contributed by atoms with E-state index in [0.29, 0.717) is 0 Å². The highest BCUT2D eigenvalue weighted by Crippen LogP contribution is 1.87. The van der Waals surface area contributed by atoms with Crippen molar-refractivity contribution in [3.05, 3.63) is 0 Å². The van der Waals surface area contributed by atoms with Crippen LogP contribution in [0.15, 0.2) is 0 Å². The molecule has 19 nitrogen and oxygen atoms in total. The average Bonchev–Trinajstić information content (AvgIpc) is 2.77. The summed E-state index contributed by atoms with van der Waals surface area (Å²) in [4.78, 5) is 48.8. The fourth-order valence-corrected chi connectivity index (χ4v) is 0.697. The van der Waals surface area contributed by atoms with Crippen LogP contribution in [0.1, 0.15) is 27.7 Å². The number of rotatable bonds is 9. The Morgan fingerprint density at radius 3 is 0.703 bits per heavy atom. The van der Waals surface area contributed by atoms with Gasteiger partial charge in [-0.1, -0.05) is 0 Å². The van der Waals surface area contributed by atoms with Gasteiger partial charge in [0, 0.05) is 0 Å². The maximum Gasteiger partial charge on any atom is 0.323 e. The first-order valence-electron chi connectivity index (χ1n) is 10.1. The SMILES string of the molecule is C[C@@H](N)C(=O)O.C[C@@H](O)[C@H](N)C(=O)O.C[C@@H](O)[C@H](N)C(=O)O.C[C@@H](O)[C@H](N)C(=O)O.N[C@@H](CO)C(=O)O. The van der Waals surface area contributed by atoms with Gasteiger partial charge in [-0.2, -0.15) is 0 Å². The van der Waals surface area contributed by atoms with Crippen molar-refractivity contribution < 1.29 is 69.9 Å². The zero-order valence-corrected chi connectivity index (χ0v) is 20.8. The lowest BCUT2D eigenvalue weighted by molar-refractivity contribution is -0.141. The van der Waals surface area contributed by atoms with Crippen LogP contribution in [0.3, 0.4) is 0 Å². The molecule has 0 aromatic heterocycles. The quantitative estimate of drug-likeness (QED) is 0.127. The van der Waals surface area contributed by atoms with Crippen molar-refractivity contribution in [3.8, 4) is 0 Å². The lowest BCUT2D eigenvalue weighted by atomic mass is 10.2. The second-order valence-corrected chi connectivity index (χ2v) is 7.07. The minimum absolute atomic E-state index is 0.505. The summed E-state index contributed by atoms with van der Waals surface area (Å²) in [6, 6.07) is -5.33. The highest BCUT2D eigenvalue weighted by molar-refractivity contribution is 5.74. The van der Waals surface area contributed by atoms with E-state index in [0.717, 1.165) is 0 Å². The summed E-state index contributed by atoms with van der Waals surface area (Å²) in [5.74, 6) is -5.68. The Morgan fingerprint density at radius 2 is 0.703 bits per heavy atom. The van der Waals surface area contributed by atoms with Gasteiger partial charge >= 0.3 is 29.8 Å².